The number of carbonyl (C=O) groups excluding carboxylic acids is 2. The van der Waals surface area contributed by atoms with Crippen LogP contribution in [0.1, 0.15) is 40.3 Å². The van der Waals surface area contributed by atoms with Crippen LogP contribution in [-0.2, 0) is 6.54 Å². The first-order valence-electron chi connectivity index (χ1n) is 9.84. The highest BCUT2D eigenvalue weighted by atomic mass is 16.2. The molecule has 154 valence electrons. The summed E-state index contributed by atoms with van der Waals surface area (Å²) in [5, 5.41) is 6.94. The Hall–Kier alpha value is -3.74. The summed E-state index contributed by atoms with van der Waals surface area (Å²) in [4.78, 5) is 38.8. The van der Waals surface area contributed by atoms with Gasteiger partial charge >= 0.3 is 0 Å². The maximum atomic E-state index is 12.6. The summed E-state index contributed by atoms with van der Waals surface area (Å²) in [5.74, 6) is -0.479. The van der Waals surface area contributed by atoms with E-state index in [1.807, 2.05) is 44.2 Å². The number of rotatable bonds is 7. The molecule has 0 aliphatic carbocycles. The SMILES string of the molecule is CCN(CC)C(=O)c1ccc(NC(=O)c2ccc(=O)n(Cc3ccccc3)n2)cc1. The molecule has 0 aliphatic heterocycles. The van der Waals surface area contributed by atoms with E-state index in [0.29, 0.717) is 24.3 Å². The Kier molecular flexibility index (Phi) is 6.75. The van der Waals surface area contributed by atoms with Gasteiger partial charge in [0.25, 0.3) is 17.4 Å². The lowest BCUT2D eigenvalue weighted by molar-refractivity contribution is 0.0773. The molecule has 0 atom stereocenters. The van der Waals surface area contributed by atoms with Crippen molar-refractivity contribution in [1.29, 1.82) is 0 Å². The van der Waals surface area contributed by atoms with E-state index in [9.17, 15) is 14.4 Å². The van der Waals surface area contributed by atoms with Crippen LogP contribution >= 0.6 is 0 Å². The number of hydrogen-bond donors (Lipinski definition) is 1. The maximum Gasteiger partial charge on any atom is 0.276 e. The molecule has 3 rings (SSSR count). The van der Waals surface area contributed by atoms with Crippen LogP contribution in [0.3, 0.4) is 0 Å². The molecular weight excluding hydrogens is 380 g/mol. The van der Waals surface area contributed by atoms with Crippen LogP contribution in [0.2, 0.25) is 0 Å². The zero-order valence-corrected chi connectivity index (χ0v) is 17.0. The molecule has 0 spiro atoms. The molecule has 7 nitrogen and oxygen atoms in total. The summed E-state index contributed by atoms with van der Waals surface area (Å²) >= 11 is 0. The van der Waals surface area contributed by atoms with Crippen molar-refractivity contribution in [2.24, 2.45) is 0 Å². The van der Waals surface area contributed by atoms with Gasteiger partial charge in [-0.15, -0.1) is 0 Å². The molecule has 2 amide bonds. The minimum absolute atomic E-state index is 0.0486. The largest absolute Gasteiger partial charge is 0.339 e. The van der Waals surface area contributed by atoms with Gasteiger partial charge in [0.15, 0.2) is 0 Å². The van der Waals surface area contributed by atoms with Gasteiger partial charge in [0, 0.05) is 30.4 Å². The lowest BCUT2D eigenvalue weighted by Gasteiger charge is -2.18. The van der Waals surface area contributed by atoms with Crippen molar-refractivity contribution in [2.75, 3.05) is 18.4 Å². The third-order valence-electron chi connectivity index (χ3n) is 4.71. The quantitative estimate of drug-likeness (QED) is 0.656. The minimum Gasteiger partial charge on any atom is -0.339 e. The maximum absolute atomic E-state index is 12.6. The third-order valence-corrected chi connectivity index (χ3v) is 4.71. The third kappa shape index (κ3) is 5.00. The number of nitrogens with zero attached hydrogens (tertiary/aromatic N) is 3. The highest BCUT2D eigenvalue weighted by molar-refractivity contribution is 6.03. The second kappa shape index (κ2) is 9.65. The molecule has 0 fully saturated rings. The molecule has 3 aromatic rings. The van der Waals surface area contributed by atoms with Crippen molar-refractivity contribution in [2.45, 2.75) is 20.4 Å². The van der Waals surface area contributed by atoms with Crippen LogP contribution in [0.4, 0.5) is 5.69 Å². The highest BCUT2D eigenvalue weighted by Gasteiger charge is 2.14. The van der Waals surface area contributed by atoms with Crippen molar-refractivity contribution in [3.8, 4) is 0 Å². The minimum atomic E-state index is -0.431. The monoisotopic (exact) mass is 404 g/mol. The van der Waals surface area contributed by atoms with Crippen molar-refractivity contribution >= 4 is 17.5 Å². The first-order chi connectivity index (χ1) is 14.5. The summed E-state index contributed by atoms with van der Waals surface area (Å²) in [5.41, 5.74) is 1.87. The lowest BCUT2D eigenvalue weighted by Crippen LogP contribution is -2.30. The summed E-state index contributed by atoms with van der Waals surface area (Å²) in [7, 11) is 0. The van der Waals surface area contributed by atoms with Gasteiger partial charge in [-0.3, -0.25) is 14.4 Å². The van der Waals surface area contributed by atoms with E-state index in [1.54, 1.807) is 29.2 Å². The topological polar surface area (TPSA) is 84.3 Å². The average Bonchev–Trinajstić information content (AvgIpc) is 2.77. The molecule has 1 N–H and O–H groups in total. The second-order valence-corrected chi connectivity index (χ2v) is 6.71. The highest BCUT2D eigenvalue weighted by Crippen LogP contribution is 2.13. The summed E-state index contributed by atoms with van der Waals surface area (Å²) in [6.45, 7) is 5.42. The van der Waals surface area contributed by atoms with E-state index in [-0.39, 0.29) is 23.7 Å². The Morgan fingerprint density at radius 2 is 1.60 bits per heavy atom. The summed E-state index contributed by atoms with van der Waals surface area (Å²) in [6.07, 6.45) is 0. The number of hydrogen-bond acceptors (Lipinski definition) is 4. The van der Waals surface area contributed by atoms with Gasteiger partial charge in [0.2, 0.25) is 0 Å². The molecule has 0 aliphatic rings. The Labute approximate surface area is 175 Å². The smallest absolute Gasteiger partial charge is 0.276 e. The Bertz CT molecular complexity index is 1070. The van der Waals surface area contributed by atoms with Gasteiger partial charge in [0.1, 0.15) is 5.69 Å². The van der Waals surface area contributed by atoms with Crippen molar-refractivity contribution < 1.29 is 9.59 Å². The van der Waals surface area contributed by atoms with E-state index in [1.165, 1.54) is 16.8 Å². The van der Waals surface area contributed by atoms with Crippen LogP contribution in [0.25, 0.3) is 0 Å². The fourth-order valence-corrected chi connectivity index (χ4v) is 3.02. The lowest BCUT2D eigenvalue weighted by atomic mass is 10.1. The molecule has 0 saturated carbocycles. The number of aromatic nitrogens is 2. The fourth-order valence-electron chi connectivity index (χ4n) is 3.02. The van der Waals surface area contributed by atoms with Gasteiger partial charge in [-0.25, -0.2) is 4.68 Å². The molecular formula is C23H24N4O3. The number of benzene rings is 2. The zero-order chi connectivity index (χ0) is 21.5. The van der Waals surface area contributed by atoms with Gasteiger partial charge < -0.3 is 10.2 Å². The van der Waals surface area contributed by atoms with Gasteiger partial charge in [-0.2, -0.15) is 5.10 Å². The van der Waals surface area contributed by atoms with Crippen LogP contribution in [-0.4, -0.2) is 39.6 Å². The van der Waals surface area contributed by atoms with E-state index in [4.69, 9.17) is 0 Å². The van der Waals surface area contributed by atoms with Gasteiger partial charge in [-0.05, 0) is 49.7 Å². The van der Waals surface area contributed by atoms with Crippen LogP contribution in [0.5, 0.6) is 0 Å². The zero-order valence-electron chi connectivity index (χ0n) is 17.0. The van der Waals surface area contributed by atoms with Crippen molar-refractivity contribution in [3.63, 3.8) is 0 Å². The normalized spacial score (nSPS) is 10.5. The fraction of sp³-hybridized carbons (Fsp3) is 0.217. The molecule has 1 aromatic heterocycles. The summed E-state index contributed by atoms with van der Waals surface area (Å²) < 4.78 is 1.26. The molecule has 30 heavy (non-hydrogen) atoms. The first-order valence-corrected chi connectivity index (χ1v) is 9.84. The van der Waals surface area contributed by atoms with E-state index in [2.05, 4.69) is 10.4 Å². The first kappa shape index (κ1) is 21.0. The van der Waals surface area contributed by atoms with Gasteiger partial charge in [-0.1, -0.05) is 30.3 Å². The predicted octanol–water partition coefficient (Wildman–Crippen LogP) is 3.03. The van der Waals surface area contributed by atoms with E-state index >= 15 is 0 Å². The van der Waals surface area contributed by atoms with E-state index < -0.39 is 5.91 Å². The molecule has 7 heteroatoms. The molecule has 0 unspecified atom stereocenters. The Morgan fingerprint density at radius 1 is 0.933 bits per heavy atom. The molecule has 0 saturated heterocycles. The number of anilines is 1. The van der Waals surface area contributed by atoms with Crippen molar-refractivity contribution in [3.05, 3.63) is 93.9 Å². The van der Waals surface area contributed by atoms with Crippen molar-refractivity contribution in [1.82, 2.24) is 14.7 Å². The van der Waals surface area contributed by atoms with Gasteiger partial charge in [0.05, 0.1) is 6.54 Å². The molecule has 2 aromatic carbocycles. The second-order valence-electron chi connectivity index (χ2n) is 6.71. The Balaban J connectivity index is 1.72. The number of amides is 2. The molecule has 0 bridgehead atoms. The standard InChI is InChI=1S/C23H24N4O3/c1-3-26(4-2)23(30)18-10-12-19(13-11-18)24-22(29)20-14-15-21(28)27(25-20)16-17-8-6-5-7-9-17/h5-15H,3-4,16H2,1-2H3,(H,24,29). The van der Waals surface area contributed by atoms with E-state index in [0.717, 1.165) is 5.56 Å². The average molecular weight is 404 g/mol. The number of carbonyl (C=O) groups is 2. The molecule has 0 radical (unpaired) electrons. The van der Waals surface area contributed by atoms with Crippen LogP contribution < -0.4 is 10.9 Å². The number of nitrogens with one attached hydrogen (secondary N) is 1. The predicted molar refractivity (Wildman–Crippen MR) is 116 cm³/mol. The Morgan fingerprint density at radius 3 is 2.23 bits per heavy atom. The van der Waals surface area contributed by atoms with Crippen LogP contribution in [0, 0.1) is 0 Å². The van der Waals surface area contributed by atoms with Crippen LogP contribution in [0.15, 0.2) is 71.5 Å². The summed E-state index contributed by atoms with van der Waals surface area (Å²) in [6, 6.07) is 18.9. The molecule has 1 heterocycles.